The van der Waals surface area contributed by atoms with E-state index in [1.807, 2.05) is 4.68 Å². The Labute approximate surface area is 537 Å². The number of nitrogens with one attached hydrogen (secondary N) is 1. The Kier molecular flexibility index (Phi) is 52.2. The SMILES string of the molecule is CCCCCCCC=C1C(CCCC)=C(c2ccccc2CCC=CCCCCCCCCCCCCCCCCCCCCCCCC)[N+]([NH-])=C1c1ccccc1CCC=CCCCCCCCCCCCCCCCCCCCCCCCC. The van der Waals surface area contributed by atoms with Gasteiger partial charge in [-0.15, -0.1) is 0 Å². The van der Waals surface area contributed by atoms with Crippen molar-refractivity contribution in [2.24, 2.45) is 0 Å². The van der Waals surface area contributed by atoms with Crippen molar-refractivity contribution in [3.05, 3.63) is 118 Å². The Morgan fingerprint density at radius 2 is 0.547 bits per heavy atom. The molecule has 2 aromatic rings. The van der Waals surface area contributed by atoms with E-state index in [2.05, 4.69) is 107 Å². The highest BCUT2D eigenvalue weighted by Crippen LogP contribution is 2.40. The normalized spacial score (nSPS) is 13.4. The van der Waals surface area contributed by atoms with Crippen LogP contribution in [0.5, 0.6) is 0 Å². The van der Waals surface area contributed by atoms with Crippen LogP contribution in [0, 0.1) is 0 Å². The highest BCUT2D eigenvalue weighted by molar-refractivity contribution is 6.17. The number of benzene rings is 2. The van der Waals surface area contributed by atoms with Gasteiger partial charge in [0.25, 0.3) is 0 Å². The molecular formula is C84H144N2. The quantitative estimate of drug-likeness (QED) is 0.0359. The van der Waals surface area contributed by atoms with Crippen molar-refractivity contribution in [1.29, 1.82) is 0 Å². The van der Waals surface area contributed by atoms with Crippen LogP contribution in [0.15, 0.2) is 90.1 Å². The molecule has 2 aromatic carbocycles. The minimum atomic E-state index is 1.01. The Balaban J connectivity index is 1.40. The highest BCUT2D eigenvalue weighted by atomic mass is 15.3. The second-order valence-electron chi connectivity index (χ2n) is 27.2. The lowest BCUT2D eigenvalue weighted by atomic mass is 9.88. The number of hydrogen-bond donors (Lipinski definition) is 0. The van der Waals surface area contributed by atoms with E-state index in [0.717, 1.165) is 62.8 Å². The Hall–Kier alpha value is -3.13. The molecule has 2 nitrogen and oxygen atoms in total. The minimum Gasteiger partial charge on any atom is -0.448 e. The molecule has 0 unspecified atom stereocenters. The fourth-order valence-corrected chi connectivity index (χ4v) is 13.6. The molecule has 86 heavy (non-hydrogen) atoms. The standard InChI is InChI=1S/C84H144N2/c1-5-9-13-16-19-21-23-25-27-29-31-33-35-37-39-41-43-45-47-49-51-53-55-57-59-62-69-77-71-65-67-74-79(77)83-81(73-12-8-4)82(76-64-61-18-15-11-7-3)84(86(83)85)80-75-68-66-72-78(80)70-63-60-58-56-54-52-50-48-46-44-42-40-38-36-34-32-30-28-26-24-22-20-17-14-10-6-2/h57-60,65-68,71-72,74-76,85H,5-56,61-64,69-70,73H2,1-4H3. The van der Waals surface area contributed by atoms with E-state index < -0.39 is 0 Å². The van der Waals surface area contributed by atoms with Crippen molar-refractivity contribution in [2.45, 2.75) is 407 Å². The summed E-state index contributed by atoms with van der Waals surface area (Å²) in [5, 5.41) is 0. The molecule has 0 amide bonds. The van der Waals surface area contributed by atoms with Crippen LogP contribution in [-0.4, -0.2) is 10.4 Å². The number of rotatable bonds is 63. The Morgan fingerprint density at radius 1 is 0.279 bits per heavy atom. The molecule has 0 bridgehead atoms. The van der Waals surface area contributed by atoms with E-state index in [0.29, 0.717) is 0 Å². The number of hydrogen-bond acceptors (Lipinski definition) is 0. The van der Waals surface area contributed by atoms with Crippen LogP contribution < -0.4 is 0 Å². The summed E-state index contributed by atoms with van der Waals surface area (Å²) in [5.41, 5.74) is 10.3. The van der Waals surface area contributed by atoms with Gasteiger partial charge in [0.05, 0.1) is 5.57 Å². The van der Waals surface area contributed by atoms with Crippen LogP contribution in [0.3, 0.4) is 0 Å². The minimum absolute atomic E-state index is 1.01. The number of allylic oxidation sites excluding steroid dienone is 7. The molecule has 0 aliphatic carbocycles. The third-order valence-electron chi connectivity index (χ3n) is 19.2. The van der Waals surface area contributed by atoms with Crippen molar-refractivity contribution in [3.63, 3.8) is 0 Å². The fraction of sp³-hybridized carbons (Fsp3) is 0.750. The number of unbranched alkanes of at least 4 members (excludes halogenated alkanes) is 50. The highest BCUT2D eigenvalue weighted by Gasteiger charge is 2.36. The topological polar surface area (TPSA) is 26.8 Å². The largest absolute Gasteiger partial charge is 0.448 e. The second-order valence-corrected chi connectivity index (χ2v) is 27.2. The Morgan fingerprint density at radius 3 is 0.884 bits per heavy atom. The van der Waals surface area contributed by atoms with E-state index in [4.69, 9.17) is 0 Å². The van der Waals surface area contributed by atoms with E-state index in [1.165, 1.54) is 361 Å². The second kappa shape index (κ2) is 58.3. The van der Waals surface area contributed by atoms with Gasteiger partial charge in [-0.2, -0.15) is 0 Å². The molecule has 1 aliphatic heterocycles. The molecule has 0 radical (unpaired) electrons. The van der Waals surface area contributed by atoms with E-state index in [-0.39, 0.29) is 0 Å². The maximum absolute atomic E-state index is 10.1. The number of nitrogens with zero attached hydrogens (tertiary/aromatic N) is 1. The van der Waals surface area contributed by atoms with Crippen LogP contribution in [0.1, 0.15) is 416 Å². The van der Waals surface area contributed by atoms with E-state index in [9.17, 15) is 5.84 Å². The summed E-state index contributed by atoms with van der Waals surface area (Å²) in [6, 6.07) is 18.2. The lowest BCUT2D eigenvalue weighted by Crippen LogP contribution is -2.14. The van der Waals surface area contributed by atoms with Gasteiger partial charge >= 0.3 is 0 Å². The molecule has 0 saturated carbocycles. The van der Waals surface area contributed by atoms with E-state index in [1.54, 1.807) is 0 Å². The van der Waals surface area contributed by atoms with Gasteiger partial charge in [0.1, 0.15) is 0 Å². The average Bonchev–Trinajstić information content (AvgIpc) is 2.10. The maximum Gasteiger partial charge on any atom is 0.216 e. The lowest BCUT2D eigenvalue weighted by Gasteiger charge is -2.13. The van der Waals surface area contributed by atoms with Crippen molar-refractivity contribution >= 4 is 11.4 Å². The summed E-state index contributed by atoms with van der Waals surface area (Å²) in [4.78, 5) is 0. The van der Waals surface area contributed by atoms with Gasteiger partial charge in [-0.3, -0.25) is 0 Å². The molecule has 0 spiro atoms. The molecule has 3 rings (SSSR count). The first kappa shape index (κ1) is 77.1. The first-order valence-corrected chi connectivity index (χ1v) is 39.0. The summed E-state index contributed by atoms with van der Waals surface area (Å²) in [6.45, 7) is 9.26. The van der Waals surface area contributed by atoms with Crippen LogP contribution >= 0.6 is 0 Å². The summed E-state index contributed by atoms with van der Waals surface area (Å²) < 4.78 is 1.89. The molecule has 490 valence electrons. The van der Waals surface area contributed by atoms with Crippen molar-refractivity contribution in [3.8, 4) is 0 Å². The summed E-state index contributed by atoms with van der Waals surface area (Å²) in [6.07, 6.45) is 93.1. The summed E-state index contributed by atoms with van der Waals surface area (Å²) in [7, 11) is 0. The van der Waals surface area contributed by atoms with Crippen LogP contribution in [0.2, 0.25) is 0 Å². The van der Waals surface area contributed by atoms with Crippen molar-refractivity contribution in [1.82, 2.24) is 0 Å². The number of aryl methyl sites for hydroxylation is 2. The molecule has 0 saturated heterocycles. The Bertz CT molecular complexity index is 1990. The van der Waals surface area contributed by atoms with Gasteiger partial charge in [-0.05, 0) is 100 Å². The molecule has 0 atom stereocenters. The molecule has 1 aliphatic rings. The van der Waals surface area contributed by atoms with E-state index >= 15 is 0 Å². The molecule has 0 fully saturated rings. The molecule has 1 heterocycles. The third kappa shape index (κ3) is 39.1. The summed E-state index contributed by atoms with van der Waals surface area (Å²) >= 11 is 0. The van der Waals surface area contributed by atoms with Crippen LogP contribution in [0.4, 0.5) is 0 Å². The van der Waals surface area contributed by atoms with Gasteiger partial charge < -0.3 is 5.84 Å². The van der Waals surface area contributed by atoms with Crippen molar-refractivity contribution < 1.29 is 4.68 Å². The first-order valence-electron chi connectivity index (χ1n) is 39.0. The van der Waals surface area contributed by atoms with Gasteiger partial charge in [0.15, 0.2) is 0 Å². The lowest BCUT2D eigenvalue weighted by molar-refractivity contribution is -0.347. The van der Waals surface area contributed by atoms with Crippen LogP contribution in [0.25, 0.3) is 11.5 Å². The predicted octanol–water partition coefficient (Wildman–Crippen LogP) is 29.3. The molecular weight excluding hydrogens is 1040 g/mol. The zero-order valence-electron chi connectivity index (χ0n) is 58.2. The predicted molar refractivity (Wildman–Crippen MR) is 388 cm³/mol. The zero-order valence-corrected chi connectivity index (χ0v) is 58.2. The fourth-order valence-electron chi connectivity index (χ4n) is 13.6. The smallest absolute Gasteiger partial charge is 0.216 e. The molecule has 1 N–H and O–H groups in total. The van der Waals surface area contributed by atoms with Gasteiger partial charge in [-0.25, -0.2) is 4.68 Å². The summed E-state index contributed by atoms with van der Waals surface area (Å²) in [5.74, 6) is 10.1. The first-order chi connectivity index (χ1) is 42.7. The van der Waals surface area contributed by atoms with Crippen LogP contribution in [-0.2, 0) is 12.8 Å². The average molecular weight is 1180 g/mol. The third-order valence-corrected chi connectivity index (χ3v) is 19.2. The molecule has 0 aromatic heterocycles. The van der Waals surface area contributed by atoms with Gasteiger partial charge in [-0.1, -0.05) is 396 Å². The monoisotopic (exact) mass is 1180 g/mol. The molecule has 2 heteroatoms. The maximum atomic E-state index is 10.1. The van der Waals surface area contributed by atoms with Gasteiger partial charge in [0, 0.05) is 16.7 Å². The van der Waals surface area contributed by atoms with Crippen molar-refractivity contribution in [2.75, 3.05) is 0 Å². The zero-order chi connectivity index (χ0) is 61.1. The van der Waals surface area contributed by atoms with Gasteiger partial charge in [0.2, 0.25) is 11.4 Å².